The zero-order valence-corrected chi connectivity index (χ0v) is 14.9. The van der Waals surface area contributed by atoms with Crippen molar-refractivity contribution in [2.24, 2.45) is 5.92 Å². The molecule has 2 rings (SSSR count). The van der Waals surface area contributed by atoms with Gasteiger partial charge in [0.15, 0.2) is 0 Å². The maximum Gasteiger partial charge on any atom is 0.416 e. The molecule has 0 spiro atoms. The van der Waals surface area contributed by atoms with Gasteiger partial charge in [-0.05, 0) is 29.7 Å². The minimum absolute atomic E-state index is 0.0430. The summed E-state index contributed by atoms with van der Waals surface area (Å²) in [4.78, 5) is 15.9. The van der Waals surface area contributed by atoms with Gasteiger partial charge in [-0.1, -0.05) is 19.9 Å². The van der Waals surface area contributed by atoms with Crippen molar-refractivity contribution in [3.05, 3.63) is 59.2 Å². The first-order valence-corrected chi connectivity index (χ1v) is 8.39. The van der Waals surface area contributed by atoms with E-state index in [4.69, 9.17) is 4.74 Å². The van der Waals surface area contributed by atoms with Crippen LogP contribution in [0.25, 0.3) is 0 Å². The molecule has 1 heterocycles. The second-order valence-electron chi connectivity index (χ2n) is 6.43. The van der Waals surface area contributed by atoms with E-state index in [0.717, 1.165) is 17.7 Å². The predicted octanol–water partition coefficient (Wildman–Crippen LogP) is 4.25. The van der Waals surface area contributed by atoms with Gasteiger partial charge >= 0.3 is 6.18 Å². The molecule has 0 fully saturated rings. The number of hydrogen-bond donors (Lipinski definition) is 1. The number of pyridine rings is 1. The Morgan fingerprint density at radius 1 is 1.22 bits per heavy atom. The number of nitrogens with one attached hydrogen (secondary N) is 1. The summed E-state index contributed by atoms with van der Waals surface area (Å²) in [6.45, 7) is 4.55. The van der Waals surface area contributed by atoms with Crippen molar-refractivity contribution in [3.8, 4) is 5.75 Å². The van der Waals surface area contributed by atoms with Gasteiger partial charge in [0, 0.05) is 25.2 Å². The lowest BCUT2D eigenvalue weighted by molar-refractivity contribution is -0.137. The lowest BCUT2D eigenvalue weighted by Gasteiger charge is -2.11. The summed E-state index contributed by atoms with van der Waals surface area (Å²) < 4.78 is 56.6. The zero-order chi connectivity index (χ0) is 20.0. The summed E-state index contributed by atoms with van der Waals surface area (Å²) in [6, 6.07) is 5.32. The molecule has 0 bridgehead atoms. The summed E-state index contributed by atoms with van der Waals surface area (Å²) in [6.07, 6.45) is -2.80. The van der Waals surface area contributed by atoms with E-state index in [9.17, 15) is 22.4 Å². The van der Waals surface area contributed by atoms with Crippen LogP contribution in [0.1, 0.15) is 35.5 Å². The van der Waals surface area contributed by atoms with Gasteiger partial charge in [-0.3, -0.25) is 9.78 Å². The molecule has 1 N–H and O–H groups in total. The first kappa shape index (κ1) is 20.7. The molecule has 1 amide bonds. The molecule has 0 radical (unpaired) electrons. The van der Waals surface area contributed by atoms with Crippen LogP contribution in [0.5, 0.6) is 5.75 Å². The molecular formula is C19H20F4N2O2. The Hall–Kier alpha value is -2.64. The van der Waals surface area contributed by atoms with E-state index in [0.29, 0.717) is 24.9 Å². The smallest absolute Gasteiger partial charge is 0.416 e. The topological polar surface area (TPSA) is 51.2 Å². The number of amides is 1. The van der Waals surface area contributed by atoms with Crippen LogP contribution in [0.2, 0.25) is 0 Å². The fraction of sp³-hybridized carbons (Fsp3) is 0.368. The van der Waals surface area contributed by atoms with E-state index in [2.05, 4.69) is 10.3 Å². The van der Waals surface area contributed by atoms with Crippen LogP contribution in [-0.2, 0) is 12.6 Å². The van der Waals surface area contributed by atoms with Crippen molar-refractivity contribution >= 4 is 5.91 Å². The number of benzene rings is 1. The lowest BCUT2D eigenvalue weighted by atomic mass is 10.2. The third-order valence-electron chi connectivity index (χ3n) is 3.59. The summed E-state index contributed by atoms with van der Waals surface area (Å²) in [5.41, 5.74) is -0.0842. The van der Waals surface area contributed by atoms with Crippen molar-refractivity contribution < 1.29 is 27.1 Å². The van der Waals surface area contributed by atoms with Gasteiger partial charge < -0.3 is 10.1 Å². The first-order valence-electron chi connectivity index (χ1n) is 8.39. The summed E-state index contributed by atoms with van der Waals surface area (Å²) >= 11 is 0. The van der Waals surface area contributed by atoms with Crippen LogP contribution in [0.4, 0.5) is 17.6 Å². The van der Waals surface area contributed by atoms with Crippen molar-refractivity contribution in [1.29, 1.82) is 0 Å². The number of hydrogen-bond acceptors (Lipinski definition) is 3. The largest absolute Gasteiger partial charge is 0.493 e. The Kier molecular flexibility index (Phi) is 6.76. The molecule has 0 aliphatic rings. The fourth-order valence-electron chi connectivity index (χ4n) is 2.19. The minimum Gasteiger partial charge on any atom is -0.493 e. The second kappa shape index (κ2) is 8.83. The zero-order valence-electron chi connectivity index (χ0n) is 14.9. The highest BCUT2D eigenvalue weighted by Gasteiger charge is 2.31. The van der Waals surface area contributed by atoms with Crippen LogP contribution < -0.4 is 10.1 Å². The van der Waals surface area contributed by atoms with Gasteiger partial charge in [-0.2, -0.15) is 13.2 Å². The number of nitrogens with zero attached hydrogens (tertiary/aromatic N) is 1. The van der Waals surface area contributed by atoms with Crippen LogP contribution in [0, 0.1) is 11.7 Å². The predicted molar refractivity (Wildman–Crippen MR) is 92.0 cm³/mol. The van der Waals surface area contributed by atoms with E-state index in [1.54, 1.807) is 12.1 Å². The Labute approximate surface area is 154 Å². The highest BCUT2D eigenvalue weighted by molar-refractivity contribution is 5.92. The highest BCUT2D eigenvalue weighted by Crippen LogP contribution is 2.32. The molecule has 8 heteroatoms. The molecule has 0 aliphatic carbocycles. The highest BCUT2D eigenvalue weighted by atomic mass is 19.4. The van der Waals surface area contributed by atoms with Crippen molar-refractivity contribution in [1.82, 2.24) is 10.3 Å². The van der Waals surface area contributed by atoms with Crippen molar-refractivity contribution in [3.63, 3.8) is 0 Å². The Balaban J connectivity index is 1.90. The van der Waals surface area contributed by atoms with Gasteiger partial charge in [0.25, 0.3) is 5.91 Å². The molecule has 0 atom stereocenters. The normalized spacial score (nSPS) is 11.5. The van der Waals surface area contributed by atoms with E-state index >= 15 is 0 Å². The molecule has 27 heavy (non-hydrogen) atoms. The van der Waals surface area contributed by atoms with Crippen LogP contribution in [-0.4, -0.2) is 24.0 Å². The molecule has 146 valence electrons. The van der Waals surface area contributed by atoms with Gasteiger partial charge in [0.05, 0.1) is 12.2 Å². The van der Waals surface area contributed by atoms with E-state index < -0.39 is 17.6 Å². The van der Waals surface area contributed by atoms with Gasteiger partial charge in [0.2, 0.25) is 0 Å². The molecule has 0 saturated heterocycles. The molecule has 1 aromatic heterocycles. The maximum absolute atomic E-state index is 13.3. The van der Waals surface area contributed by atoms with Gasteiger partial charge in [-0.15, -0.1) is 0 Å². The van der Waals surface area contributed by atoms with Crippen molar-refractivity contribution in [2.75, 3.05) is 13.2 Å². The third-order valence-corrected chi connectivity index (χ3v) is 3.59. The van der Waals surface area contributed by atoms with Crippen LogP contribution in [0.15, 0.2) is 36.5 Å². The minimum atomic E-state index is -4.64. The van der Waals surface area contributed by atoms with E-state index in [1.165, 1.54) is 6.20 Å². The lowest BCUT2D eigenvalue weighted by Crippen LogP contribution is -2.28. The third kappa shape index (κ3) is 6.54. The first-order chi connectivity index (χ1) is 12.6. The van der Waals surface area contributed by atoms with Crippen LogP contribution >= 0.6 is 0 Å². The van der Waals surface area contributed by atoms with Gasteiger partial charge in [0.1, 0.15) is 17.3 Å². The number of rotatable bonds is 7. The fourth-order valence-corrected chi connectivity index (χ4v) is 2.19. The number of aromatic nitrogens is 1. The summed E-state index contributed by atoms with van der Waals surface area (Å²) in [5, 5.41) is 2.75. The molecule has 1 aromatic carbocycles. The maximum atomic E-state index is 13.3. The molecule has 2 aromatic rings. The number of carbonyl (C=O) groups is 1. The average Bonchev–Trinajstić information content (AvgIpc) is 2.59. The molecule has 0 saturated carbocycles. The summed E-state index contributed by atoms with van der Waals surface area (Å²) in [7, 11) is 0. The Bertz CT molecular complexity index is 774. The van der Waals surface area contributed by atoms with Crippen molar-refractivity contribution in [2.45, 2.75) is 26.4 Å². The Morgan fingerprint density at radius 3 is 2.56 bits per heavy atom. The molecule has 0 unspecified atom stereocenters. The monoisotopic (exact) mass is 384 g/mol. The van der Waals surface area contributed by atoms with E-state index in [1.807, 2.05) is 13.8 Å². The second-order valence-corrected chi connectivity index (χ2v) is 6.43. The standard InChI is InChI=1S/C19H20F4N2O2/c1-12(2)10-25-18(26)17-4-3-13(11-24-17)5-6-27-16-8-14(19(21,22)23)7-15(20)9-16/h3-4,7-9,11-12H,5-6,10H2,1-2H3,(H,25,26). The SMILES string of the molecule is CC(C)CNC(=O)c1ccc(CCOc2cc(F)cc(C(F)(F)F)c2)cn1. The average molecular weight is 384 g/mol. The number of ether oxygens (including phenoxy) is 1. The summed E-state index contributed by atoms with van der Waals surface area (Å²) in [5.74, 6) is -1.16. The number of alkyl halides is 3. The Morgan fingerprint density at radius 2 is 1.96 bits per heavy atom. The number of halogens is 4. The van der Waals surface area contributed by atoms with E-state index in [-0.39, 0.29) is 24.0 Å². The van der Waals surface area contributed by atoms with Crippen LogP contribution in [0.3, 0.4) is 0 Å². The molecular weight excluding hydrogens is 364 g/mol. The van der Waals surface area contributed by atoms with Gasteiger partial charge in [-0.25, -0.2) is 4.39 Å². The number of carbonyl (C=O) groups excluding carboxylic acids is 1. The molecule has 0 aliphatic heterocycles. The quantitative estimate of drug-likeness (QED) is 0.727. The molecule has 4 nitrogen and oxygen atoms in total.